The van der Waals surface area contributed by atoms with Gasteiger partial charge in [0.2, 0.25) is 0 Å². The van der Waals surface area contributed by atoms with Gasteiger partial charge in [-0.2, -0.15) is 0 Å². The third kappa shape index (κ3) is 104. The summed E-state index contributed by atoms with van der Waals surface area (Å²) in [6.07, 6.45) is 16.2. The van der Waals surface area contributed by atoms with E-state index >= 15 is 0 Å². The molecule has 0 heterocycles. The molecule has 0 nitrogen and oxygen atoms in total. The molecule has 0 spiro atoms. The maximum Gasteiger partial charge on any atom is -0.0414 e. The summed E-state index contributed by atoms with van der Waals surface area (Å²) >= 11 is 0. The maximum atomic E-state index is 2.33. The summed E-state index contributed by atoms with van der Waals surface area (Å²) in [6.45, 7) is 33.0. The Balaban J connectivity index is -0.0000000665. The molecule has 192 valence electrons. The molecular weight excluding hydrogens is 360 g/mol. The second kappa shape index (κ2) is 51.6. The van der Waals surface area contributed by atoms with Crippen LogP contribution >= 0.6 is 0 Å². The van der Waals surface area contributed by atoms with Crippen LogP contribution in [0, 0.1) is 17.8 Å². The zero-order valence-corrected chi connectivity index (χ0v) is 25.2. The molecule has 0 amide bonds. The van der Waals surface area contributed by atoms with E-state index in [1.165, 1.54) is 77.0 Å². The van der Waals surface area contributed by atoms with Crippen molar-refractivity contribution in [3.05, 3.63) is 0 Å². The van der Waals surface area contributed by atoms with Gasteiger partial charge in [-0.15, -0.1) is 0 Å². The number of rotatable bonds is 9. The van der Waals surface area contributed by atoms with Gasteiger partial charge in [0.1, 0.15) is 0 Å². The molecule has 0 aromatic heterocycles. The van der Waals surface area contributed by atoms with E-state index in [1.807, 2.05) is 0 Å². The smallest absolute Gasteiger partial charge is 0.0414 e. The summed E-state index contributed by atoms with van der Waals surface area (Å²) in [6, 6.07) is 0. The highest BCUT2D eigenvalue weighted by atomic mass is 14.1. The standard InChI is InChI=1S/C12H26.C5H12.C4H10.3C3H8/c1-5-7-12(8-6-2)10-9-11(3)4;1-4-5(2)3;1-3-4-2;3*1-3-2/h11-12H,5-10H2,1-4H3;5H,4H2,1-3H3;3-4H2,1-2H3;3*3H2,1-2H3. The highest BCUT2D eigenvalue weighted by Gasteiger charge is 2.06. The topological polar surface area (TPSA) is 0 Å². The molecular formula is C30H72. The van der Waals surface area contributed by atoms with Crippen LogP contribution < -0.4 is 0 Å². The molecule has 30 heavy (non-hydrogen) atoms. The van der Waals surface area contributed by atoms with Gasteiger partial charge in [0.15, 0.2) is 0 Å². The molecule has 0 unspecified atom stereocenters. The second-order valence-corrected chi connectivity index (χ2v) is 9.34. The Morgan fingerprint density at radius 2 is 0.633 bits per heavy atom. The van der Waals surface area contributed by atoms with E-state index in [1.54, 1.807) is 0 Å². The first-order valence-corrected chi connectivity index (χ1v) is 14.1. The van der Waals surface area contributed by atoms with Crippen LogP contribution in [-0.2, 0) is 0 Å². The fourth-order valence-corrected chi connectivity index (χ4v) is 1.82. The van der Waals surface area contributed by atoms with E-state index in [4.69, 9.17) is 0 Å². The van der Waals surface area contributed by atoms with E-state index < -0.39 is 0 Å². The lowest BCUT2D eigenvalue weighted by Crippen LogP contribution is -2.01. The first kappa shape index (κ1) is 43.8. The Bertz CT molecular complexity index is 168. The van der Waals surface area contributed by atoms with Gasteiger partial charge in [-0.05, 0) is 17.8 Å². The molecule has 0 aliphatic rings. The second-order valence-electron chi connectivity index (χ2n) is 9.34. The van der Waals surface area contributed by atoms with Crippen molar-refractivity contribution in [3.63, 3.8) is 0 Å². The zero-order valence-electron chi connectivity index (χ0n) is 25.2. The highest BCUT2D eigenvalue weighted by molar-refractivity contribution is 4.59. The summed E-state index contributed by atoms with van der Waals surface area (Å²) in [4.78, 5) is 0. The number of hydrogen-bond acceptors (Lipinski definition) is 0. The lowest BCUT2D eigenvalue weighted by molar-refractivity contribution is 0.373. The SMILES string of the molecule is CCC.CCC.CCC.CCC(C)C.CCCC.CCCC(CCC)CCC(C)C. The molecule has 0 aliphatic carbocycles. The molecule has 0 heteroatoms. The predicted molar refractivity (Wildman–Crippen MR) is 151 cm³/mol. The van der Waals surface area contributed by atoms with Gasteiger partial charge >= 0.3 is 0 Å². The Morgan fingerprint density at radius 1 is 0.367 bits per heavy atom. The Hall–Kier alpha value is 0. The van der Waals surface area contributed by atoms with E-state index in [0.717, 1.165) is 17.8 Å². The van der Waals surface area contributed by atoms with Crippen LogP contribution in [0.4, 0.5) is 0 Å². The molecule has 0 rings (SSSR count). The van der Waals surface area contributed by atoms with E-state index in [0.29, 0.717) is 0 Å². The van der Waals surface area contributed by atoms with Gasteiger partial charge in [0, 0.05) is 0 Å². The van der Waals surface area contributed by atoms with Crippen molar-refractivity contribution >= 4 is 0 Å². The summed E-state index contributed by atoms with van der Waals surface area (Å²) in [5.74, 6) is 2.79. The molecule has 0 radical (unpaired) electrons. The van der Waals surface area contributed by atoms with Gasteiger partial charge in [-0.25, -0.2) is 0 Å². The van der Waals surface area contributed by atoms with Crippen molar-refractivity contribution in [2.45, 2.75) is 181 Å². The Kier molecular flexibility index (Phi) is 75.3. The largest absolute Gasteiger partial charge is 0.0656 e. The fraction of sp³-hybridized carbons (Fsp3) is 1.00. The molecule has 0 atom stereocenters. The van der Waals surface area contributed by atoms with Crippen LogP contribution in [-0.4, -0.2) is 0 Å². The molecule has 0 aromatic carbocycles. The maximum absolute atomic E-state index is 2.33. The van der Waals surface area contributed by atoms with Gasteiger partial charge < -0.3 is 0 Å². The highest BCUT2D eigenvalue weighted by Crippen LogP contribution is 2.21. The van der Waals surface area contributed by atoms with E-state index in [2.05, 4.69) is 104 Å². The normalized spacial score (nSPS) is 9.00. The fourth-order valence-electron chi connectivity index (χ4n) is 1.82. The minimum absolute atomic E-state index is 0.884. The van der Waals surface area contributed by atoms with E-state index in [-0.39, 0.29) is 0 Å². The summed E-state index contributed by atoms with van der Waals surface area (Å²) in [7, 11) is 0. The van der Waals surface area contributed by atoms with Crippen molar-refractivity contribution in [1.82, 2.24) is 0 Å². The lowest BCUT2D eigenvalue weighted by atomic mass is 9.91. The first-order chi connectivity index (χ1) is 14.1. The molecule has 0 aliphatic heterocycles. The third-order valence-electron chi connectivity index (χ3n) is 3.86. The van der Waals surface area contributed by atoms with Gasteiger partial charge in [0.25, 0.3) is 0 Å². The number of unbranched alkanes of at least 4 members (excludes halogenated alkanes) is 1. The molecule has 0 N–H and O–H groups in total. The summed E-state index contributed by atoms with van der Waals surface area (Å²) < 4.78 is 0. The minimum Gasteiger partial charge on any atom is -0.0656 e. The first-order valence-electron chi connectivity index (χ1n) is 14.1. The summed E-state index contributed by atoms with van der Waals surface area (Å²) in [5.41, 5.74) is 0. The predicted octanol–water partition coefficient (Wildman–Crippen LogP) is 12.7. The van der Waals surface area contributed by atoms with Crippen molar-refractivity contribution in [1.29, 1.82) is 0 Å². The quantitative estimate of drug-likeness (QED) is 0.339. The van der Waals surface area contributed by atoms with Crippen molar-refractivity contribution in [2.24, 2.45) is 17.8 Å². The van der Waals surface area contributed by atoms with Gasteiger partial charge in [-0.1, -0.05) is 181 Å². The van der Waals surface area contributed by atoms with Gasteiger partial charge in [-0.3, -0.25) is 0 Å². The molecule has 0 aromatic rings. The van der Waals surface area contributed by atoms with Crippen molar-refractivity contribution in [3.8, 4) is 0 Å². The van der Waals surface area contributed by atoms with Crippen LogP contribution in [0.15, 0.2) is 0 Å². The monoisotopic (exact) mass is 433 g/mol. The molecule has 0 saturated carbocycles. The minimum atomic E-state index is 0.884. The molecule has 0 bridgehead atoms. The van der Waals surface area contributed by atoms with Crippen molar-refractivity contribution in [2.75, 3.05) is 0 Å². The van der Waals surface area contributed by atoms with Crippen LogP contribution in [0.1, 0.15) is 181 Å². The average molecular weight is 433 g/mol. The molecule has 0 saturated heterocycles. The van der Waals surface area contributed by atoms with Gasteiger partial charge in [0.05, 0.1) is 0 Å². The third-order valence-corrected chi connectivity index (χ3v) is 3.86. The van der Waals surface area contributed by atoms with E-state index in [9.17, 15) is 0 Å². The van der Waals surface area contributed by atoms with Crippen LogP contribution in [0.3, 0.4) is 0 Å². The lowest BCUT2D eigenvalue weighted by Gasteiger charge is -2.15. The van der Waals surface area contributed by atoms with Crippen LogP contribution in [0.25, 0.3) is 0 Å². The molecule has 0 fully saturated rings. The average Bonchev–Trinajstić information content (AvgIpc) is 2.69. The Morgan fingerprint density at radius 3 is 0.767 bits per heavy atom. The van der Waals surface area contributed by atoms with Crippen LogP contribution in [0.2, 0.25) is 0 Å². The van der Waals surface area contributed by atoms with Crippen molar-refractivity contribution < 1.29 is 0 Å². The van der Waals surface area contributed by atoms with Crippen LogP contribution in [0.5, 0.6) is 0 Å². The Labute approximate surface area is 198 Å². The number of hydrogen-bond donors (Lipinski definition) is 0. The zero-order chi connectivity index (χ0) is 25.2. The summed E-state index contributed by atoms with van der Waals surface area (Å²) in [5, 5.41) is 0.